The van der Waals surface area contributed by atoms with Crippen molar-refractivity contribution in [3.63, 3.8) is 0 Å². The molecule has 4 heteroatoms. The van der Waals surface area contributed by atoms with Crippen LogP contribution in [0.2, 0.25) is 0 Å². The largest absolute Gasteiger partial charge is 0.465 e. The lowest BCUT2D eigenvalue weighted by atomic mass is 10.1. The Hall–Kier alpha value is -1.58. The second kappa shape index (κ2) is 3.65. The van der Waals surface area contributed by atoms with Crippen molar-refractivity contribution in [3.8, 4) is 0 Å². The van der Waals surface area contributed by atoms with Gasteiger partial charge in [-0.3, -0.25) is 9.88 Å². The molecule has 0 radical (unpaired) electrons. The third-order valence-electron chi connectivity index (χ3n) is 1.77. The first-order valence-electron chi connectivity index (χ1n) is 4.36. The second-order valence-corrected chi connectivity index (χ2v) is 4.00. The zero-order valence-electron chi connectivity index (χ0n) is 8.56. The van der Waals surface area contributed by atoms with Crippen LogP contribution in [0.3, 0.4) is 0 Å². The Kier molecular flexibility index (Phi) is 2.74. The highest BCUT2D eigenvalue weighted by molar-refractivity contribution is 5.87. The fourth-order valence-electron chi connectivity index (χ4n) is 1.27. The summed E-state index contributed by atoms with van der Waals surface area (Å²) in [5, 5.41) is 9.06. The average Bonchev–Trinajstić information content (AvgIpc) is 2.02. The first-order valence-corrected chi connectivity index (χ1v) is 4.36. The van der Waals surface area contributed by atoms with Gasteiger partial charge < -0.3 is 5.11 Å². The van der Waals surface area contributed by atoms with Crippen LogP contribution in [0, 0.1) is 0 Å². The number of aromatic nitrogens is 1. The zero-order chi connectivity index (χ0) is 10.8. The molecule has 1 rings (SSSR count). The number of rotatable bonds is 1. The summed E-state index contributed by atoms with van der Waals surface area (Å²) in [6.07, 6.45) is 2.19. The smallest absolute Gasteiger partial charge is 0.412 e. The van der Waals surface area contributed by atoms with E-state index in [1.165, 1.54) is 4.90 Å². The van der Waals surface area contributed by atoms with Crippen LogP contribution >= 0.6 is 0 Å². The molecular weight excluding hydrogens is 180 g/mol. The molecule has 1 N–H and O–H groups in total. The summed E-state index contributed by atoms with van der Waals surface area (Å²) in [6.45, 7) is 5.52. The Morgan fingerprint density at radius 3 is 2.50 bits per heavy atom. The maximum absolute atomic E-state index is 11.0. The average molecular weight is 194 g/mol. The first kappa shape index (κ1) is 10.5. The van der Waals surface area contributed by atoms with Gasteiger partial charge in [0.1, 0.15) is 0 Å². The molecule has 0 aliphatic carbocycles. The van der Waals surface area contributed by atoms with E-state index in [-0.39, 0.29) is 0 Å². The summed E-state index contributed by atoms with van der Waals surface area (Å²) in [7, 11) is 0. The highest BCUT2D eigenvalue weighted by atomic mass is 16.4. The van der Waals surface area contributed by atoms with E-state index in [9.17, 15) is 4.79 Å². The van der Waals surface area contributed by atoms with Crippen LogP contribution in [-0.4, -0.2) is 21.7 Å². The standard InChI is InChI=1S/C10H14N2O2/c1-10(2,3)12(9(13)14)8-5-4-6-11-7-8/h4-7H,1-3H3,(H,13,14). The lowest BCUT2D eigenvalue weighted by Gasteiger charge is -2.32. The Morgan fingerprint density at radius 1 is 1.50 bits per heavy atom. The molecule has 1 aromatic rings. The van der Waals surface area contributed by atoms with Crippen LogP contribution in [0.25, 0.3) is 0 Å². The Balaban J connectivity index is 3.08. The van der Waals surface area contributed by atoms with Crippen molar-refractivity contribution in [3.05, 3.63) is 24.5 Å². The molecule has 0 unspecified atom stereocenters. The van der Waals surface area contributed by atoms with Gasteiger partial charge in [-0.05, 0) is 32.9 Å². The number of carboxylic acid groups (broad SMARTS) is 1. The quantitative estimate of drug-likeness (QED) is 0.746. The number of carbonyl (C=O) groups is 1. The molecule has 0 aliphatic rings. The van der Waals surface area contributed by atoms with Crippen LogP contribution in [-0.2, 0) is 0 Å². The van der Waals surface area contributed by atoms with Crippen LogP contribution in [0.1, 0.15) is 20.8 Å². The summed E-state index contributed by atoms with van der Waals surface area (Å²) in [4.78, 5) is 16.2. The van der Waals surface area contributed by atoms with Crippen LogP contribution in [0.15, 0.2) is 24.5 Å². The van der Waals surface area contributed by atoms with Crippen molar-refractivity contribution in [1.82, 2.24) is 4.98 Å². The highest BCUT2D eigenvalue weighted by Crippen LogP contribution is 2.22. The third kappa shape index (κ3) is 2.22. The number of nitrogens with zero attached hydrogens (tertiary/aromatic N) is 2. The van der Waals surface area contributed by atoms with Gasteiger partial charge in [-0.15, -0.1) is 0 Å². The topological polar surface area (TPSA) is 53.4 Å². The van der Waals surface area contributed by atoms with E-state index in [0.29, 0.717) is 5.69 Å². The normalized spacial score (nSPS) is 11.1. The molecule has 0 fully saturated rings. The van der Waals surface area contributed by atoms with Crippen molar-refractivity contribution in [2.45, 2.75) is 26.3 Å². The van der Waals surface area contributed by atoms with Gasteiger partial charge in [-0.2, -0.15) is 0 Å². The van der Waals surface area contributed by atoms with Crippen LogP contribution < -0.4 is 4.90 Å². The minimum Gasteiger partial charge on any atom is -0.465 e. The maximum Gasteiger partial charge on any atom is 0.412 e. The molecule has 1 amide bonds. The van der Waals surface area contributed by atoms with Crippen LogP contribution in [0.4, 0.5) is 10.5 Å². The third-order valence-corrected chi connectivity index (χ3v) is 1.77. The molecule has 4 nitrogen and oxygen atoms in total. The van der Waals surface area contributed by atoms with Gasteiger partial charge >= 0.3 is 6.09 Å². The number of anilines is 1. The predicted molar refractivity (Wildman–Crippen MR) is 54.5 cm³/mol. The summed E-state index contributed by atoms with van der Waals surface area (Å²) in [6, 6.07) is 3.45. The monoisotopic (exact) mass is 194 g/mol. The summed E-state index contributed by atoms with van der Waals surface area (Å²) >= 11 is 0. The molecule has 14 heavy (non-hydrogen) atoms. The van der Waals surface area contributed by atoms with Gasteiger partial charge in [0.05, 0.1) is 11.9 Å². The Morgan fingerprint density at radius 2 is 2.14 bits per heavy atom. The SMILES string of the molecule is CC(C)(C)N(C(=O)O)c1cccnc1. The van der Waals surface area contributed by atoms with E-state index in [1.807, 2.05) is 20.8 Å². The molecule has 1 aromatic heterocycles. The number of amides is 1. The van der Waals surface area contributed by atoms with Crippen molar-refractivity contribution in [2.75, 3.05) is 4.90 Å². The predicted octanol–water partition coefficient (Wildman–Crippen LogP) is 2.36. The molecule has 0 aliphatic heterocycles. The van der Waals surface area contributed by atoms with Gasteiger partial charge in [-0.25, -0.2) is 4.79 Å². The van der Waals surface area contributed by atoms with Crippen molar-refractivity contribution in [2.24, 2.45) is 0 Å². The number of hydrogen-bond acceptors (Lipinski definition) is 2. The first-order chi connectivity index (χ1) is 6.43. The minimum absolute atomic E-state index is 0.463. The Labute approximate surface area is 83.2 Å². The fraction of sp³-hybridized carbons (Fsp3) is 0.400. The maximum atomic E-state index is 11.0. The molecular formula is C10H14N2O2. The van der Waals surface area contributed by atoms with Gasteiger partial charge in [0.15, 0.2) is 0 Å². The second-order valence-electron chi connectivity index (χ2n) is 4.00. The van der Waals surface area contributed by atoms with Crippen molar-refractivity contribution >= 4 is 11.8 Å². The summed E-state index contributed by atoms with van der Waals surface area (Å²) < 4.78 is 0. The van der Waals surface area contributed by atoms with E-state index in [1.54, 1.807) is 24.5 Å². The number of hydrogen-bond donors (Lipinski definition) is 1. The van der Waals surface area contributed by atoms with Gasteiger partial charge in [0, 0.05) is 11.7 Å². The van der Waals surface area contributed by atoms with Crippen molar-refractivity contribution in [1.29, 1.82) is 0 Å². The molecule has 0 saturated heterocycles. The zero-order valence-corrected chi connectivity index (χ0v) is 8.56. The molecule has 0 aromatic carbocycles. The molecule has 76 valence electrons. The molecule has 0 atom stereocenters. The van der Waals surface area contributed by atoms with Crippen molar-refractivity contribution < 1.29 is 9.90 Å². The summed E-state index contributed by atoms with van der Waals surface area (Å²) in [5.74, 6) is 0. The van der Waals surface area contributed by atoms with E-state index < -0.39 is 11.6 Å². The molecule has 0 bridgehead atoms. The van der Waals surface area contributed by atoms with E-state index in [4.69, 9.17) is 5.11 Å². The van der Waals surface area contributed by atoms with Gasteiger partial charge in [0.25, 0.3) is 0 Å². The fourth-order valence-corrected chi connectivity index (χ4v) is 1.27. The van der Waals surface area contributed by atoms with E-state index in [2.05, 4.69) is 4.98 Å². The molecule has 0 saturated carbocycles. The number of pyridine rings is 1. The molecule has 0 spiro atoms. The van der Waals surface area contributed by atoms with Crippen LogP contribution in [0.5, 0.6) is 0 Å². The molecule has 1 heterocycles. The highest BCUT2D eigenvalue weighted by Gasteiger charge is 2.27. The Bertz CT molecular complexity index is 317. The lowest BCUT2D eigenvalue weighted by Crippen LogP contribution is -2.45. The summed E-state index contributed by atoms with van der Waals surface area (Å²) in [5.41, 5.74) is 0.127. The van der Waals surface area contributed by atoms with E-state index in [0.717, 1.165) is 0 Å². The van der Waals surface area contributed by atoms with Gasteiger partial charge in [-0.1, -0.05) is 0 Å². The lowest BCUT2D eigenvalue weighted by molar-refractivity contribution is 0.195. The van der Waals surface area contributed by atoms with Gasteiger partial charge in [0.2, 0.25) is 0 Å². The minimum atomic E-state index is -0.967. The van der Waals surface area contributed by atoms with E-state index >= 15 is 0 Å².